The lowest BCUT2D eigenvalue weighted by atomic mass is 10.2. The van der Waals surface area contributed by atoms with Crippen molar-refractivity contribution in [3.8, 4) is 0 Å². The van der Waals surface area contributed by atoms with Crippen LogP contribution >= 0.6 is 23.1 Å². The number of benzene rings is 1. The Hall–Kier alpha value is -3.18. The molecule has 0 atom stereocenters. The summed E-state index contributed by atoms with van der Waals surface area (Å²) in [5, 5.41) is 10.6. The van der Waals surface area contributed by atoms with Crippen LogP contribution in [0.4, 0.5) is 9.93 Å². The molecule has 11 heteroatoms. The lowest BCUT2D eigenvalue weighted by Gasteiger charge is -2.11. The maximum atomic E-state index is 12.7. The number of carbonyl (C=O) groups is 3. The number of carbonyl (C=O) groups excluding carboxylic acids is 3. The summed E-state index contributed by atoms with van der Waals surface area (Å²) in [6.45, 7) is 5.56. The topological polar surface area (TPSA) is 115 Å². The third-order valence-corrected chi connectivity index (χ3v) is 6.17. The SMILES string of the molecule is CCOC(=O)Nc1nnc(SCC(=O)c2cc(C)n(NC(=O)c3ccccc3)c2C)s1. The number of amides is 2. The lowest BCUT2D eigenvalue weighted by molar-refractivity contribution is 0.0999. The zero-order valence-electron chi connectivity index (χ0n) is 17.2. The van der Waals surface area contributed by atoms with Crippen molar-refractivity contribution >= 4 is 46.0 Å². The predicted octanol–water partition coefficient (Wildman–Crippen LogP) is 3.88. The molecule has 0 aliphatic rings. The maximum absolute atomic E-state index is 12.7. The van der Waals surface area contributed by atoms with E-state index in [1.54, 1.807) is 48.9 Å². The van der Waals surface area contributed by atoms with E-state index < -0.39 is 6.09 Å². The summed E-state index contributed by atoms with van der Waals surface area (Å²) < 4.78 is 6.95. The quantitative estimate of drug-likeness (QED) is 0.298. The minimum atomic E-state index is -0.601. The van der Waals surface area contributed by atoms with E-state index in [9.17, 15) is 14.4 Å². The van der Waals surface area contributed by atoms with Gasteiger partial charge in [0.1, 0.15) is 0 Å². The molecular weight excluding hydrogens is 438 g/mol. The number of hydrogen-bond donors (Lipinski definition) is 2. The van der Waals surface area contributed by atoms with Gasteiger partial charge >= 0.3 is 6.09 Å². The number of rotatable bonds is 8. The lowest BCUT2D eigenvalue weighted by Crippen LogP contribution is -2.25. The summed E-state index contributed by atoms with van der Waals surface area (Å²) in [7, 11) is 0. The summed E-state index contributed by atoms with van der Waals surface area (Å²) >= 11 is 2.38. The molecule has 0 unspecified atom stereocenters. The van der Waals surface area contributed by atoms with Crippen LogP contribution in [0, 0.1) is 13.8 Å². The monoisotopic (exact) mass is 459 g/mol. The molecule has 162 valence electrons. The second-order valence-electron chi connectivity index (χ2n) is 6.36. The standard InChI is InChI=1S/C20H21N5O4S2/c1-4-29-19(28)21-18-22-23-20(31-18)30-11-16(26)15-10-12(2)25(13(15)3)24-17(27)14-8-6-5-7-9-14/h5-10H,4,11H2,1-3H3,(H,24,27)(H,21,22,28). The fourth-order valence-corrected chi connectivity index (χ4v) is 4.37. The Morgan fingerprint density at radius 3 is 2.61 bits per heavy atom. The van der Waals surface area contributed by atoms with Gasteiger partial charge in [0.2, 0.25) is 5.13 Å². The highest BCUT2D eigenvalue weighted by Crippen LogP contribution is 2.27. The van der Waals surface area contributed by atoms with E-state index in [-0.39, 0.29) is 24.1 Å². The molecule has 31 heavy (non-hydrogen) atoms. The predicted molar refractivity (Wildman–Crippen MR) is 120 cm³/mol. The first-order valence-electron chi connectivity index (χ1n) is 9.37. The molecule has 1 aromatic carbocycles. The van der Waals surface area contributed by atoms with Crippen molar-refractivity contribution < 1.29 is 19.1 Å². The van der Waals surface area contributed by atoms with Crippen molar-refractivity contribution in [2.45, 2.75) is 25.1 Å². The molecule has 2 amide bonds. The van der Waals surface area contributed by atoms with Crippen molar-refractivity contribution in [2.24, 2.45) is 0 Å². The molecule has 0 saturated heterocycles. The Balaban J connectivity index is 1.62. The second kappa shape index (κ2) is 10.2. The van der Waals surface area contributed by atoms with Crippen LogP contribution in [0.1, 0.15) is 39.0 Å². The minimum absolute atomic E-state index is 0.103. The maximum Gasteiger partial charge on any atom is 0.413 e. The van der Waals surface area contributed by atoms with Gasteiger partial charge in [0.25, 0.3) is 5.91 Å². The number of thioether (sulfide) groups is 1. The van der Waals surface area contributed by atoms with Crippen molar-refractivity contribution in [1.29, 1.82) is 0 Å². The van der Waals surface area contributed by atoms with Gasteiger partial charge in [0, 0.05) is 22.5 Å². The smallest absolute Gasteiger partial charge is 0.413 e. The van der Waals surface area contributed by atoms with Crippen molar-refractivity contribution in [3.05, 3.63) is 58.9 Å². The first-order chi connectivity index (χ1) is 14.9. The van der Waals surface area contributed by atoms with Crippen LogP contribution in [0.15, 0.2) is 40.7 Å². The average molecular weight is 460 g/mol. The second-order valence-corrected chi connectivity index (χ2v) is 8.56. The van der Waals surface area contributed by atoms with E-state index in [2.05, 4.69) is 20.9 Å². The van der Waals surface area contributed by atoms with Gasteiger partial charge in [-0.15, -0.1) is 10.2 Å². The van der Waals surface area contributed by atoms with E-state index in [1.165, 1.54) is 11.8 Å². The highest BCUT2D eigenvalue weighted by Gasteiger charge is 2.19. The number of anilines is 1. The van der Waals surface area contributed by atoms with Gasteiger partial charge < -0.3 is 4.74 Å². The number of aromatic nitrogens is 3. The Bertz CT molecular complexity index is 1090. The largest absolute Gasteiger partial charge is 0.450 e. The number of aryl methyl sites for hydroxylation is 1. The minimum Gasteiger partial charge on any atom is -0.450 e. The normalized spacial score (nSPS) is 10.5. The number of ketones is 1. The molecular formula is C20H21N5O4S2. The van der Waals surface area contributed by atoms with Crippen molar-refractivity contribution in [2.75, 3.05) is 23.1 Å². The molecule has 0 spiro atoms. The average Bonchev–Trinajstić information content (AvgIpc) is 3.31. The van der Waals surface area contributed by atoms with Gasteiger partial charge in [0.15, 0.2) is 10.1 Å². The van der Waals surface area contributed by atoms with Crippen LogP contribution in [-0.4, -0.2) is 45.0 Å². The van der Waals surface area contributed by atoms with Gasteiger partial charge in [-0.3, -0.25) is 25.0 Å². The molecule has 9 nitrogen and oxygen atoms in total. The van der Waals surface area contributed by atoms with Crippen molar-refractivity contribution in [3.63, 3.8) is 0 Å². The molecule has 0 fully saturated rings. The van der Waals surface area contributed by atoms with Gasteiger partial charge in [0.05, 0.1) is 12.4 Å². The Morgan fingerprint density at radius 2 is 1.90 bits per heavy atom. The number of nitrogens with zero attached hydrogens (tertiary/aromatic N) is 3. The first-order valence-corrected chi connectivity index (χ1v) is 11.2. The zero-order chi connectivity index (χ0) is 22.4. The van der Waals surface area contributed by atoms with Crippen LogP contribution in [0.25, 0.3) is 0 Å². The molecule has 0 saturated carbocycles. The molecule has 3 rings (SSSR count). The van der Waals surface area contributed by atoms with E-state index >= 15 is 0 Å². The highest BCUT2D eigenvalue weighted by molar-refractivity contribution is 8.01. The third kappa shape index (κ3) is 5.70. The van der Waals surface area contributed by atoms with E-state index in [0.29, 0.717) is 26.3 Å². The number of nitrogens with one attached hydrogen (secondary N) is 2. The number of hydrogen-bond acceptors (Lipinski definition) is 8. The summed E-state index contributed by atoms with van der Waals surface area (Å²) in [6, 6.07) is 10.6. The summed E-state index contributed by atoms with van der Waals surface area (Å²) in [5.74, 6) is -0.218. The van der Waals surface area contributed by atoms with Gasteiger partial charge in [-0.25, -0.2) is 4.79 Å². The van der Waals surface area contributed by atoms with Gasteiger partial charge in [-0.2, -0.15) is 0 Å². The van der Waals surface area contributed by atoms with E-state index in [1.807, 2.05) is 13.0 Å². The Morgan fingerprint density at radius 1 is 1.16 bits per heavy atom. The van der Waals surface area contributed by atoms with Gasteiger partial charge in [-0.1, -0.05) is 41.3 Å². The van der Waals surface area contributed by atoms with Crippen LogP contribution < -0.4 is 10.7 Å². The summed E-state index contributed by atoms with van der Waals surface area (Å²) in [6.07, 6.45) is -0.601. The molecule has 2 N–H and O–H groups in total. The molecule has 0 aliphatic heterocycles. The molecule has 0 aliphatic carbocycles. The van der Waals surface area contributed by atoms with Gasteiger partial charge in [-0.05, 0) is 39.0 Å². The third-order valence-electron chi connectivity index (χ3n) is 4.20. The summed E-state index contributed by atoms with van der Waals surface area (Å²) in [4.78, 5) is 36.6. The van der Waals surface area contributed by atoms with Crippen molar-refractivity contribution in [1.82, 2.24) is 14.9 Å². The van der Waals surface area contributed by atoms with Crippen LogP contribution in [0.5, 0.6) is 0 Å². The van der Waals surface area contributed by atoms with Crippen LogP contribution in [0.2, 0.25) is 0 Å². The number of Topliss-reactive ketones (excluding diaryl/α,β-unsaturated/α-hetero) is 1. The highest BCUT2D eigenvalue weighted by atomic mass is 32.2. The Labute approximate surface area is 187 Å². The van der Waals surface area contributed by atoms with Crippen LogP contribution in [0.3, 0.4) is 0 Å². The fourth-order valence-electron chi connectivity index (χ4n) is 2.75. The molecule has 2 heterocycles. The summed E-state index contributed by atoms with van der Waals surface area (Å²) in [5.41, 5.74) is 5.26. The number of ether oxygens (including phenoxy) is 1. The van der Waals surface area contributed by atoms with Crippen LogP contribution in [-0.2, 0) is 4.74 Å². The molecule has 2 aromatic heterocycles. The molecule has 3 aromatic rings. The van der Waals surface area contributed by atoms with E-state index in [4.69, 9.17) is 4.74 Å². The van der Waals surface area contributed by atoms with E-state index in [0.717, 1.165) is 17.0 Å². The molecule has 0 bridgehead atoms. The Kier molecular flexibility index (Phi) is 7.42. The first kappa shape index (κ1) is 22.5. The molecule has 0 radical (unpaired) electrons. The fraction of sp³-hybridized carbons (Fsp3) is 0.250. The zero-order valence-corrected chi connectivity index (χ0v) is 18.8.